The van der Waals surface area contributed by atoms with E-state index in [4.69, 9.17) is 5.21 Å². The first kappa shape index (κ1) is 16.8. The fraction of sp³-hybridized carbons (Fsp3) is 0.857. The molecule has 0 bridgehead atoms. The molecule has 0 unspecified atom stereocenters. The topological polar surface area (TPSA) is 69.8 Å². The fourth-order valence-corrected chi connectivity index (χ4v) is 1.45. The van der Waals surface area contributed by atoms with Gasteiger partial charge in [-0.25, -0.2) is 5.21 Å². The van der Waals surface area contributed by atoms with Gasteiger partial charge in [0.05, 0.1) is 6.10 Å². The van der Waals surface area contributed by atoms with Crippen molar-refractivity contribution >= 4 is 0 Å². The standard InChI is InChI=1S/C7H13NO4.ClH.Hg/c1-5-6(9)3-2-4-7(5)12-8(10)11;;/h5-7,9H,1-4H2,(H,10,11);1H;/q+1;;+1/p-1/t5-,6-,7-;;/m1../s1. The second-order valence-electron chi connectivity index (χ2n) is 3.04. The summed E-state index contributed by atoms with van der Waals surface area (Å²) < 4.78 is 0. The Morgan fingerprint density at radius 1 is 1.43 bits per heavy atom. The maximum Gasteiger partial charge on any atom is 1.00 e. The van der Waals surface area contributed by atoms with E-state index >= 15 is 0 Å². The summed E-state index contributed by atoms with van der Waals surface area (Å²) in [7, 11) is 0. The zero-order valence-corrected chi connectivity index (χ0v) is 14.1. The molecule has 14 heavy (non-hydrogen) atoms. The molecular weight excluding hydrogens is 398 g/mol. The molecule has 0 aromatic heterocycles. The monoisotopic (exact) mass is 412 g/mol. The van der Waals surface area contributed by atoms with Crippen LogP contribution in [0.3, 0.4) is 0 Å². The predicted molar refractivity (Wildman–Crippen MR) is 39.0 cm³/mol. The maximum atomic E-state index is 10.1. The molecule has 5 nitrogen and oxygen atoms in total. The van der Waals surface area contributed by atoms with Gasteiger partial charge in [0.1, 0.15) is 4.91 Å². The molecular formula is C7H13ClHgNO4+. The van der Waals surface area contributed by atoms with Crippen LogP contribution in [0, 0.1) is 17.7 Å². The molecule has 7 heteroatoms. The third kappa shape index (κ3) is 4.75. The summed E-state index contributed by atoms with van der Waals surface area (Å²) in [5, 5.41) is 17.0. The number of halogens is 1. The molecule has 1 rings (SSSR count). The Hall–Kier alpha value is 0.385. The Bertz CT molecular complexity index is 183. The van der Waals surface area contributed by atoms with Crippen molar-refractivity contribution in [1.82, 2.24) is 0 Å². The van der Waals surface area contributed by atoms with Crippen molar-refractivity contribution in [2.75, 3.05) is 0 Å². The molecule has 2 radical (unpaired) electrons. The number of hydrogen-bond donors (Lipinski definition) is 2. The van der Waals surface area contributed by atoms with Crippen LogP contribution in [0.4, 0.5) is 0 Å². The molecule has 3 atom stereocenters. The maximum absolute atomic E-state index is 10.1. The first-order valence-corrected chi connectivity index (χ1v) is 3.95. The molecule has 0 aromatic rings. The Kier molecular flexibility index (Phi) is 9.18. The van der Waals surface area contributed by atoms with E-state index in [1.54, 1.807) is 0 Å². The van der Waals surface area contributed by atoms with Crippen LogP contribution < -0.4 is 12.4 Å². The van der Waals surface area contributed by atoms with Gasteiger partial charge in [0.25, 0.3) is 0 Å². The van der Waals surface area contributed by atoms with E-state index in [2.05, 4.69) is 11.8 Å². The van der Waals surface area contributed by atoms with E-state index < -0.39 is 17.3 Å². The molecule has 1 fully saturated rings. The van der Waals surface area contributed by atoms with E-state index in [1.165, 1.54) is 0 Å². The molecule has 1 saturated carbocycles. The summed E-state index contributed by atoms with van der Waals surface area (Å²) in [5.41, 5.74) is 0. The summed E-state index contributed by atoms with van der Waals surface area (Å²) in [5.74, 6) is -0.345. The molecule has 0 aromatic carbocycles. The molecule has 0 amide bonds. The van der Waals surface area contributed by atoms with Gasteiger partial charge < -0.3 is 17.5 Å². The largest absolute Gasteiger partial charge is 1.00 e. The minimum Gasteiger partial charge on any atom is -1.00 e. The molecule has 2 N–H and O–H groups in total. The van der Waals surface area contributed by atoms with Gasteiger partial charge in [0, 0.05) is 5.92 Å². The van der Waals surface area contributed by atoms with Gasteiger partial charge in [-0.15, -0.1) is 0 Å². The minimum atomic E-state index is -0.569. The van der Waals surface area contributed by atoms with Crippen LogP contribution in [-0.4, -0.2) is 27.6 Å². The molecule has 1 aliphatic rings. The Balaban J connectivity index is 0. The zero-order chi connectivity index (χ0) is 9.14. The summed E-state index contributed by atoms with van der Waals surface area (Å²) in [4.78, 5) is 14.6. The SMILES string of the molecule is [CH2][C@@H]1[C@H](O)CCC[C@H]1O[N+](=O)O.[Cl-].[Hg+]. The van der Waals surface area contributed by atoms with Gasteiger partial charge in [0.15, 0.2) is 6.10 Å². The van der Waals surface area contributed by atoms with Crippen molar-refractivity contribution in [3.8, 4) is 0 Å². The normalized spacial score (nSPS) is 30.9. The summed E-state index contributed by atoms with van der Waals surface area (Å²) in [6, 6.07) is 0. The van der Waals surface area contributed by atoms with Crippen LogP contribution in [0.25, 0.3) is 0 Å². The van der Waals surface area contributed by atoms with Crippen LogP contribution in [0.15, 0.2) is 0 Å². The number of hydrogen-bond acceptors (Lipinski definition) is 3. The van der Waals surface area contributed by atoms with Crippen molar-refractivity contribution in [3.63, 3.8) is 0 Å². The number of rotatable bonds is 2. The van der Waals surface area contributed by atoms with Crippen molar-refractivity contribution in [2.24, 2.45) is 5.92 Å². The van der Waals surface area contributed by atoms with Crippen LogP contribution in [0.5, 0.6) is 0 Å². The Morgan fingerprint density at radius 3 is 2.50 bits per heavy atom. The number of nitrogens with zero attached hydrogens (tertiary/aromatic N) is 1. The number of aliphatic hydroxyl groups is 1. The Morgan fingerprint density at radius 2 is 2.00 bits per heavy atom. The molecule has 1 aliphatic carbocycles. The summed E-state index contributed by atoms with van der Waals surface area (Å²) in [6.45, 7) is 3.66. The second kappa shape index (κ2) is 7.65. The van der Waals surface area contributed by atoms with Crippen molar-refractivity contribution in [3.05, 3.63) is 11.8 Å². The van der Waals surface area contributed by atoms with Gasteiger partial charge >= 0.3 is 32.8 Å². The molecule has 78 valence electrons. The van der Waals surface area contributed by atoms with E-state index in [9.17, 15) is 10.0 Å². The molecule has 0 saturated heterocycles. The van der Waals surface area contributed by atoms with Crippen molar-refractivity contribution < 1.29 is 60.3 Å². The van der Waals surface area contributed by atoms with Crippen LogP contribution in [-0.2, 0) is 32.5 Å². The van der Waals surface area contributed by atoms with Crippen LogP contribution >= 0.6 is 0 Å². The van der Waals surface area contributed by atoms with Crippen LogP contribution in [0.2, 0.25) is 0 Å². The third-order valence-corrected chi connectivity index (χ3v) is 2.19. The van der Waals surface area contributed by atoms with Crippen molar-refractivity contribution in [1.29, 1.82) is 0 Å². The minimum absolute atomic E-state index is 0. The summed E-state index contributed by atoms with van der Waals surface area (Å²) in [6.07, 6.45) is 1.09. The van der Waals surface area contributed by atoms with Gasteiger partial charge in [-0.3, -0.25) is 0 Å². The van der Waals surface area contributed by atoms with Crippen molar-refractivity contribution in [2.45, 2.75) is 31.5 Å². The second-order valence-corrected chi connectivity index (χ2v) is 3.04. The first-order valence-electron chi connectivity index (χ1n) is 3.95. The smallest absolute Gasteiger partial charge is 1.00 e. The third-order valence-electron chi connectivity index (χ3n) is 2.19. The van der Waals surface area contributed by atoms with E-state index in [-0.39, 0.29) is 46.0 Å². The van der Waals surface area contributed by atoms with E-state index in [0.717, 1.165) is 6.42 Å². The van der Waals surface area contributed by atoms with Gasteiger partial charge in [-0.1, -0.05) is 0 Å². The quantitative estimate of drug-likeness (QED) is 0.388. The zero-order valence-electron chi connectivity index (χ0n) is 7.80. The molecule has 0 heterocycles. The van der Waals surface area contributed by atoms with E-state index in [0.29, 0.717) is 12.8 Å². The van der Waals surface area contributed by atoms with E-state index in [1.807, 2.05) is 0 Å². The average molecular weight is 411 g/mol. The number of aliphatic hydroxyl groups excluding tert-OH is 1. The Labute approximate surface area is 109 Å². The van der Waals surface area contributed by atoms with Crippen LogP contribution in [0.1, 0.15) is 19.3 Å². The average Bonchev–Trinajstić information content (AvgIpc) is 1.98. The predicted octanol–water partition coefficient (Wildman–Crippen LogP) is -2.55. The van der Waals surface area contributed by atoms with Gasteiger partial charge in [0.2, 0.25) is 0 Å². The van der Waals surface area contributed by atoms with Gasteiger partial charge in [-0.2, -0.15) is 4.84 Å². The van der Waals surface area contributed by atoms with Gasteiger partial charge in [-0.05, 0) is 26.2 Å². The molecule has 0 aliphatic heterocycles. The fourth-order valence-electron chi connectivity index (χ4n) is 1.45. The summed E-state index contributed by atoms with van der Waals surface area (Å²) >= 11 is 0. The molecule has 0 spiro atoms. The first-order chi connectivity index (χ1) is 5.61.